The van der Waals surface area contributed by atoms with Gasteiger partial charge in [-0.3, -0.25) is 9.59 Å². The minimum absolute atomic E-state index is 0.00900. The van der Waals surface area contributed by atoms with Crippen LogP contribution in [-0.4, -0.2) is 23.3 Å². The summed E-state index contributed by atoms with van der Waals surface area (Å²) < 4.78 is 5.19. The van der Waals surface area contributed by atoms with Crippen LogP contribution in [0.3, 0.4) is 0 Å². The van der Waals surface area contributed by atoms with Crippen LogP contribution in [0.25, 0.3) is 0 Å². The van der Waals surface area contributed by atoms with Crippen molar-refractivity contribution in [1.82, 2.24) is 4.90 Å². The van der Waals surface area contributed by atoms with Crippen LogP contribution < -0.4 is 5.32 Å². The molecule has 0 unspecified atom stereocenters. The summed E-state index contributed by atoms with van der Waals surface area (Å²) >= 11 is 0. The first-order valence-corrected chi connectivity index (χ1v) is 6.28. The van der Waals surface area contributed by atoms with E-state index in [2.05, 4.69) is 5.32 Å². The largest absolute Gasteiger partial charge is 0.467 e. The van der Waals surface area contributed by atoms with Gasteiger partial charge in [-0.25, -0.2) is 0 Å². The summed E-state index contributed by atoms with van der Waals surface area (Å²) in [6.07, 6.45) is 1.54. The fraction of sp³-hybridized carbons (Fsp3) is 0.200. The van der Waals surface area contributed by atoms with E-state index in [0.717, 1.165) is 0 Å². The molecule has 5 heteroatoms. The summed E-state index contributed by atoms with van der Waals surface area (Å²) in [5, 5.41) is 2.74. The molecule has 1 N–H and O–H groups in total. The van der Waals surface area contributed by atoms with Gasteiger partial charge < -0.3 is 14.6 Å². The number of benzene rings is 1. The summed E-state index contributed by atoms with van der Waals surface area (Å²) in [6.45, 7) is 1.70. The van der Waals surface area contributed by atoms with Crippen LogP contribution in [0.15, 0.2) is 53.1 Å². The Kier molecular flexibility index (Phi) is 4.55. The van der Waals surface area contributed by atoms with E-state index in [9.17, 15) is 9.59 Å². The first-order valence-electron chi connectivity index (χ1n) is 6.28. The Hall–Kier alpha value is -2.56. The van der Waals surface area contributed by atoms with E-state index in [1.807, 2.05) is 18.2 Å². The maximum Gasteiger partial charge on any atom is 0.244 e. The zero-order chi connectivity index (χ0) is 14.4. The molecule has 20 heavy (non-hydrogen) atoms. The third-order valence-corrected chi connectivity index (χ3v) is 2.76. The van der Waals surface area contributed by atoms with Gasteiger partial charge in [0.1, 0.15) is 12.3 Å². The molecule has 0 bridgehead atoms. The van der Waals surface area contributed by atoms with Crippen LogP contribution in [-0.2, 0) is 16.1 Å². The fourth-order valence-electron chi connectivity index (χ4n) is 1.76. The van der Waals surface area contributed by atoms with Gasteiger partial charge in [0.15, 0.2) is 0 Å². The number of nitrogens with one attached hydrogen (secondary N) is 1. The number of amides is 2. The zero-order valence-corrected chi connectivity index (χ0v) is 11.2. The van der Waals surface area contributed by atoms with Gasteiger partial charge in [-0.05, 0) is 24.3 Å². The van der Waals surface area contributed by atoms with Crippen molar-refractivity contribution < 1.29 is 14.0 Å². The van der Waals surface area contributed by atoms with E-state index >= 15 is 0 Å². The maximum atomic E-state index is 11.9. The first-order chi connectivity index (χ1) is 9.65. The van der Waals surface area contributed by atoms with E-state index in [-0.39, 0.29) is 24.9 Å². The predicted molar refractivity (Wildman–Crippen MR) is 74.9 cm³/mol. The third-order valence-electron chi connectivity index (χ3n) is 2.76. The summed E-state index contributed by atoms with van der Waals surface area (Å²) in [5.41, 5.74) is 0.707. The van der Waals surface area contributed by atoms with Crippen molar-refractivity contribution in [2.75, 3.05) is 11.9 Å². The second-order valence-electron chi connectivity index (χ2n) is 4.37. The average Bonchev–Trinajstić information content (AvgIpc) is 2.92. The minimum Gasteiger partial charge on any atom is -0.467 e. The Morgan fingerprint density at radius 1 is 1.15 bits per heavy atom. The summed E-state index contributed by atoms with van der Waals surface area (Å²) in [7, 11) is 0. The highest BCUT2D eigenvalue weighted by Crippen LogP contribution is 2.08. The molecule has 0 aliphatic heterocycles. The number of hydrogen-bond acceptors (Lipinski definition) is 3. The van der Waals surface area contributed by atoms with E-state index in [1.54, 1.807) is 24.3 Å². The van der Waals surface area contributed by atoms with Crippen LogP contribution in [0, 0.1) is 0 Å². The number of para-hydroxylation sites is 1. The molecule has 2 rings (SSSR count). The van der Waals surface area contributed by atoms with Gasteiger partial charge in [-0.15, -0.1) is 0 Å². The highest BCUT2D eigenvalue weighted by atomic mass is 16.3. The summed E-state index contributed by atoms with van der Waals surface area (Å²) in [4.78, 5) is 24.9. The van der Waals surface area contributed by atoms with Gasteiger partial charge >= 0.3 is 0 Å². The molecule has 0 saturated heterocycles. The van der Waals surface area contributed by atoms with Crippen LogP contribution in [0.1, 0.15) is 12.7 Å². The average molecular weight is 272 g/mol. The first kappa shape index (κ1) is 13.9. The van der Waals surface area contributed by atoms with Crippen molar-refractivity contribution in [3.63, 3.8) is 0 Å². The topological polar surface area (TPSA) is 62.6 Å². The second kappa shape index (κ2) is 6.56. The van der Waals surface area contributed by atoms with Crippen molar-refractivity contribution in [2.45, 2.75) is 13.5 Å². The van der Waals surface area contributed by atoms with Crippen molar-refractivity contribution >= 4 is 17.5 Å². The molecule has 0 saturated carbocycles. The molecule has 0 atom stereocenters. The Bertz CT molecular complexity index is 564. The minimum atomic E-state index is -0.238. The van der Waals surface area contributed by atoms with E-state index in [0.29, 0.717) is 11.4 Å². The number of rotatable bonds is 5. The molecule has 0 radical (unpaired) electrons. The second-order valence-corrected chi connectivity index (χ2v) is 4.37. The molecule has 0 spiro atoms. The van der Waals surface area contributed by atoms with Gasteiger partial charge in [0, 0.05) is 12.6 Å². The molecular weight excluding hydrogens is 256 g/mol. The fourth-order valence-corrected chi connectivity index (χ4v) is 1.76. The summed E-state index contributed by atoms with van der Waals surface area (Å²) in [6, 6.07) is 12.6. The molecule has 5 nitrogen and oxygen atoms in total. The Morgan fingerprint density at radius 2 is 1.90 bits per heavy atom. The Morgan fingerprint density at radius 3 is 2.50 bits per heavy atom. The molecular formula is C15H16N2O3. The van der Waals surface area contributed by atoms with Crippen LogP contribution in [0.4, 0.5) is 5.69 Å². The lowest BCUT2D eigenvalue weighted by molar-refractivity contribution is -0.133. The van der Waals surface area contributed by atoms with Gasteiger partial charge in [0.25, 0.3) is 0 Å². The van der Waals surface area contributed by atoms with E-state index < -0.39 is 0 Å². The third kappa shape index (κ3) is 3.98. The number of furan rings is 1. The van der Waals surface area contributed by atoms with Gasteiger partial charge in [0.05, 0.1) is 12.8 Å². The number of anilines is 1. The zero-order valence-electron chi connectivity index (χ0n) is 11.2. The van der Waals surface area contributed by atoms with Crippen molar-refractivity contribution in [3.05, 3.63) is 54.5 Å². The lowest BCUT2D eigenvalue weighted by Crippen LogP contribution is -2.36. The van der Waals surface area contributed by atoms with Crippen molar-refractivity contribution in [3.8, 4) is 0 Å². The van der Waals surface area contributed by atoms with Crippen LogP contribution in [0.2, 0.25) is 0 Å². The molecule has 1 heterocycles. The highest BCUT2D eigenvalue weighted by molar-refractivity contribution is 5.94. The molecule has 0 aliphatic rings. The number of carbonyl (C=O) groups excluding carboxylic acids is 2. The Balaban J connectivity index is 1.94. The Labute approximate surface area is 117 Å². The van der Waals surface area contributed by atoms with E-state index in [4.69, 9.17) is 4.42 Å². The molecule has 0 fully saturated rings. The maximum absolute atomic E-state index is 11.9. The predicted octanol–water partition coefficient (Wildman–Crippen LogP) is 2.27. The van der Waals surface area contributed by atoms with Crippen LogP contribution in [0.5, 0.6) is 0 Å². The molecule has 104 valence electrons. The van der Waals surface area contributed by atoms with Crippen molar-refractivity contribution in [2.24, 2.45) is 0 Å². The SMILES string of the molecule is CC(=O)N(CC(=O)Nc1ccccc1)Cc1ccco1. The molecule has 1 aromatic carbocycles. The number of nitrogens with zero attached hydrogens (tertiary/aromatic N) is 1. The van der Waals surface area contributed by atoms with Crippen molar-refractivity contribution in [1.29, 1.82) is 0 Å². The quantitative estimate of drug-likeness (QED) is 0.908. The van der Waals surface area contributed by atoms with Crippen LogP contribution >= 0.6 is 0 Å². The highest BCUT2D eigenvalue weighted by Gasteiger charge is 2.15. The molecule has 0 aliphatic carbocycles. The van der Waals surface area contributed by atoms with Gasteiger partial charge in [0.2, 0.25) is 11.8 Å². The van der Waals surface area contributed by atoms with E-state index in [1.165, 1.54) is 18.1 Å². The summed E-state index contributed by atoms with van der Waals surface area (Å²) in [5.74, 6) is 0.232. The number of hydrogen-bond donors (Lipinski definition) is 1. The molecule has 2 amide bonds. The molecule has 2 aromatic rings. The lowest BCUT2D eigenvalue weighted by atomic mass is 10.3. The smallest absolute Gasteiger partial charge is 0.244 e. The van der Waals surface area contributed by atoms with Gasteiger partial charge in [-0.2, -0.15) is 0 Å². The monoisotopic (exact) mass is 272 g/mol. The molecule has 1 aromatic heterocycles. The lowest BCUT2D eigenvalue weighted by Gasteiger charge is -2.19. The van der Waals surface area contributed by atoms with Gasteiger partial charge in [-0.1, -0.05) is 18.2 Å². The standard InChI is InChI=1S/C15H16N2O3/c1-12(18)17(10-14-8-5-9-20-14)11-15(19)16-13-6-3-2-4-7-13/h2-9H,10-11H2,1H3,(H,16,19). The normalized spacial score (nSPS) is 10.1. The number of carbonyl (C=O) groups is 2.